The summed E-state index contributed by atoms with van der Waals surface area (Å²) in [6.45, 7) is 3.36. The van der Waals surface area contributed by atoms with E-state index in [1.165, 1.54) is 26.0 Å². The summed E-state index contributed by atoms with van der Waals surface area (Å²) in [5.41, 5.74) is -2.60. The number of hydrogen-bond acceptors (Lipinski definition) is 5. The number of alkyl halides is 3. The third-order valence-electron chi connectivity index (χ3n) is 5.12. The van der Waals surface area contributed by atoms with Crippen LogP contribution in [0.4, 0.5) is 27.6 Å². The van der Waals surface area contributed by atoms with Crippen LogP contribution >= 0.6 is 0 Å². The molecule has 1 aromatic heterocycles. The van der Waals surface area contributed by atoms with Crippen LogP contribution in [0.3, 0.4) is 0 Å². The maximum Gasteiger partial charge on any atom is 0.425 e. The van der Waals surface area contributed by atoms with Gasteiger partial charge >= 0.3 is 17.8 Å². The SMILES string of the molecule is CCn1c(C(=O)O)nn(-c2cc(OC(C)C(F)(F)F)c(C(=O)Nc3c(C)cccc3F)cc2F)c1=O. The summed E-state index contributed by atoms with van der Waals surface area (Å²) < 4.78 is 74.7. The smallest absolute Gasteiger partial charge is 0.425 e. The van der Waals surface area contributed by atoms with Crippen molar-refractivity contribution >= 4 is 17.6 Å². The van der Waals surface area contributed by atoms with Gasteiger partial charge in [0.2, 0.25) is 5.82 Å². The van der Waals surface area contributed by atoms with Crippen LogP contribution in [0.1, 0.15) is 40.4 Å². The Labute approximate surface area is 199 Å². The molecule has 1 amide bonds. The second-order valence-corrected chi connectivity index (χ2v) is 7.55. The van der Waals surface area contributed by atoms with Crippen LogP contribution < -0.4 is 15.7 Å². The number of aromatic nitrogens is 3. The molecule has 9 nitrogen and oxygen atoms in total. The molecular weight excluding hydrogens is 495 g/mol. The van der Waals surface area contributed by atoms with E-state index in [4.69, 9.17) is 4.74 Å². The number of aromatic carboxylic acids is 1. The Hall–Kier alpha value is -4.23. The number of nitrogens with one attached hydrogen (secondary N) is 1. The summed E-state index contributed by atoms with van der Waals surface area (Å²) in [7, 11) is 0. The molecule has 0 aliphatic rings. The first-order valence-corrected chi connectivity index (χ1v) is 10.3. The Morgan fingerprint density at radius 2 is 1.86 bits per heavy atom. The Kier molecular flexibility index (Phi) is 7.17. The summed E-state index contributed by atoms with van der Waals surface area (Å²) in [5, 5.41) is 15.0. The zero-order valence-corrected chi connectivity index (χ0v) is 19.0. The van der Waals surface area contributed by atoms with Crippen molar-refractivity contribution in [2.45, 2.75) is 39.6 Å². The molecule has 1 heterocycles. The van der Waals surface area contributed by atoms with Crippen LogP contribution in [0.2, 0.25) is 0 Å². The van der Waals surface area contributed by atoms with E-state index in [9.17, 15) is 37.1 Å². The molecule has 1 unspecified atom stereocenters. The van der Waals surface area contributed by atoms with Crippen LogP contribution in [0, 0.1) is 18.6 Å². The number of aryl methyl sites for hydroxylation is 1. The second-order valence-electron chi connectivity index (χ2n) is 7.55. The van der Waals surface area contributed by atoms with E-state index in [-0.39, 0.29) is 17.8 Å². The molecule has 0 saturated heterocycles. The number of rotatable bonds is 7. The average Bonchev–Trinajstić information content (AvgIpc) is 3.12. The molecule has 1 atom stereocenters. The average molecular weight is 514 g/mol. The number of carboxylic acids is 1. The van der Waals surface area contributed by atoms with Crippen LogP contribution in [0.25, 0.3) is 5.69 Å². The minimum absolute atomic E-state index is 0.154. The van der Waals surface area contributed by atoms with Gasteiger partial charge in [0.25, 0.3) is 5.91 Å². The van der Waals surface area contributed by atoms with Crippen LogP contribution in [-0.4, -0.2) is 43.6 Å². The fourth-order valence-electron chi connectivity index (χ4n) is 3.20. The third-order valence-corrected chi connectivity index (χ3v) is 5.12. The van der Waals surface area contributed by atoms with Gasteiger partial charge in [-0.2, -0.15) is 17.9 Å². The van der Waals surface area contributed by atoms with Gasteiger partial charge in [0.15, 0.2) is 6.10 Å². The number of carboxylic acid groups (broad SMARTS) is 1. The first-order chi connectivity index (χ1) is 16.8. The van der Waals surface area contributed by atoms with Crippen LogP contribution in [-0.2, 0) is 6.54 Å². The number of ether oxygens (including phenoxy) is 1. The highest BCUT2D eigenvalue weighted by molar-refractivity contribution is 6.06. The number of carbonyl (C=O) groups excluding carboxylic acids is 1. The molecule has 0 spiro atoms. The highest BCUT2D eigenvalue weighted by atomic mass is 19.4. The number of anilines is 1. The van der Waals surface area contributed by atoms with Crippen molar-refractivity contribution in [2.24, 2.45) is 0 Å². The van der Waals surface area contributed by atoms with E-state index in [1.807, 2.05) is 0 Å². The summed E-state index contributed by atoms with van der Waals surface area (Å²) in [6.07, 6.45) is -7.36. The van der Waals surface area contributed by atoms with Gasteiger partial charge < -0.3 is 15.2 Å². The maximum atomic E-state index is 15.1. The Balaban J connectivity index is 2.18. The minimum atomic E-state index is -4.89. The summed E-state index contributed by atoms with van der Waals surface area (Å²) in [5.74, 6) is -6.51. The van der Waals surface area contributed by atoms with E-state index >= 15 is 4.39 Å². The standard InChI is InChI=1S/C22H19F5N4O5/c1-4-30-18(20(33)34)29-31(21(30)35)15-9-16(36-11(3)22(25,26)27)12(8-14(15)24)19(32)28-17-10(2)6-5-7-13(17)23/h5-9,11H,4H2,1-3H3,(H,28,32)(H,33,34). The molecule has 2 N–H and O–H groups in total. The first-order valence-electron chi connectivity index (χ1n) is 10.3. The van der Waals surface area contributed by atoms with Gasteiger partial charge in [-0.1, -0.05) is 12.1 Å². The van der Waals surface area contributed by atoms with Crippen LogP contribution in [0.15, 0.2) is 35.1 Å². The lowest BCUT2D eigenvalue weighted by Crippen LogP contribution is -2.32. The Bertz CT molecular complexity index is 1380. The first kappa shape index (κ1) is 26.4. The van der Waals surface area contributed by atoms with E-state index in [0.29, 0.717) is 28.3 Å². The van der Waals surface area contributed by atoms with Gasteiger partial charge in [0.1, 0.15) is 23.1 Å². The van der Waals surface area contributed by atoms with Gasteiger partial charge in [0, 0.05) is 12.6 Å². The zero-order valence-electron chi connectivity index (χ0n) is 19.0. The fraction of sp³-hybridized carbons (Fsp3) is 0.273. The Morgan fingerprint density at radius 3 is 2.39 bits per heavy atom. The molecule has 0 aliphatic heterocycles. The lowest BCUT2D eigenvalue weighted by Gasteiger charge is -2.20. The summed E-state index contributed by atoms with van der Waals surface area (Å²) >= 11 is 0. The van der Waals surface area contributed by atoms with Crippen molar-refractivity contribution in [1.82, 2.24) is 14.3 Å². The number of benzene rings is 2. The van der Waals surface area contributed by atoms with E-state index in [0.717, 1.165) is 6.07 Å². The lowest BCUT2D eigenvalue weighted by atomic mass is 10.1. The predicted molar refractivity (Wildman–Crippen MR) is 116 cm³/mol. The molecule has 3 aromatic rings. The maximum absolute atomic E-state index is 15.1. The highest BCUT2D eigenvalue weighted by Crippen LogP contribution is 2.31. The number of halogens is 5. The monoisotopic (exact) mass is 514 g/mol. The minimum Gasteiger partial charge on any atom is -0.480 e. The highest BCUT2D eigenvalue weighted by Gasteiger charge is 2.39. The largest absolute Gasteiger partial charge is 0.480 e. The van der Waals surface area contributed by atoms with E-state index in [2.05, 4.69) is 10.4 Å². The molecule has 0 fully saturated rings. The van der Waals surface area contributed by atoms with E-state index < -0.39 is 64.3 Å². The van der Waals surface area contributed by atoms with Gasteiger partial charge in [-0.05, 0) is 38.5 Å². The second kappa shape index (κ2) is 9.79. The zero-order chi connectivity index (χ0) is 26.9. The molecule has 0 radical (unpaired) electrons. The molecule has 2 aromatic carbocycles. The van der Waals surface area contributed by atoms with Crippen LogP contribution in [0.5, 0.6) is 5.75 Å². The van der Waals surface area contributed by atoms with Crippen molar-refractivity contribution in [3.05, 3.63) is 69.4 Å². The molecule has 3 rings (SSSR count). The lowest BCUT2D eigenvalue weighted by molar-refractivity contribution is -0.189. The van der Waals surface area contributed by atoms with Gasteiger partial charge in [-0.15, -0.1) is 5.10 Å². The molecule has 192 valence electrons. The molecule has 0 saturated carbocycles. The molecule has 36 heavy (non-hydrogen) atoms. The quantitative estimate of drug-likeness (QED) is 0.462. The molecule has 14 heteroatoms. The summed E-state index contributed by atoms with van der Waals surface area (Å²) in [4.78, 5) is 36.9. The number of carbonyl (C=O) groups is 2. The third kappa shape index (κ3) is 5.06. The van der Waals surface area contributed by atoms with Gasteiger partial charge in [-0.3, -0.25) is 9.36 Å². The van der Waals surface area contributed by atoms with Gasteiger partial charge in [-0.25, -0.2) is 18.4 Å². The van der Waals surface area contributed by atoms with E-state index in [1.54, 1.807) is 0 Å². The Morgan fingerprint density at radius 1 is 1.19 bits per heavy atom. The number of para-hydroxylation sites is 1. The molecule has 0 bridgehead atoms. The van der Waals surface area contributed by atoms with Crippen molar-refractivity contribution in [3.63, 3.8) is 0 Å². The van der Waals surface area contributed by atoms with Crippen molar-refractivity contribution in [2.75, 3.05) is 5.32 Å². The molecular formula is C22H19F5N4O5. The number of nitrogens with zero attached hydrogens (tertiary/aromatic N) is 3. The number of amides is 1. The van der Waals surface area contributed by atoms with Crippen molar-refractivity contribution < 1.29 is 41.4 Å². The van der Waals surface area contributed by atoms with Crippen molar-refractivity contribution in [3.8, 4) is 11.4 Å². The fourth-order valence-corrected chi connectivity index (χ4v) is 3.20. The normalized spacial score (nSPS) is 12.3. The van der Waals surface area contributed by atoms with Crippen molar-refractivity contribution in [1.29, 1.82) is 0 Å². The number of hydrogen-bond donors (Lipinski definition) is 2. The topological polar surface area (TPSA) is 115 Å². The summed E-state index contributed by atoms with van der Waals surface area (Å²) in [6, 6.07) is 4.96. The van der Waals surface area contributed by atoms with Gasteiger partial charge in [0.05, 0.1) is 11.3 Å². The molecule has 0 aliphatic carbocycles. The predicted octanol–water partition coefficient (Wildman–Crippen LogP) is 3.92.